The van der Waals surface area contributed by atoms with Crippen molar-refractivity contribution >= 4 is 23.5 Å². The standard InChI is InChI=1S/C22H26N2O4/c1-5-24(6-2)21(26)17-8-10-18(11-9-17)23-20(25)14-28-22(27)19-12-7-15(3)13-16(19)4/h7-13H,5-6,14H2,1-4H3,(H,23,25). The maximum absolute atomic E-state index is 12.3. The molecule has 0 aliphatic rings. The Bertz CT molecular complexity index is 855. The molecule has 0 saturated carbocycles. The number of carbonyl (C=O) groups is 3. The highest BCUT2D eigenvalue weighted by Crippen LogP contribution is 2.13. The molecule has 0 aliphatic heterocycles. The van der Waals surface area contributed by atoms with Crippen LogP contribution < -0.4 is 5.32 Å². The lowest BCUT2D eigenvalue weighted by molar-refractivity contribution is -0.119. The molecule has 2 aromatic rings. The van der Waals surface area contributed by atoms with Gasteiger partial charge in [-0.2, -0.15) is 0 Å². The predicted octanol–water partition coefficient (Wildman–Crippen LogP) is 3.58. The van der Waals surface area contributed by atoms with Gasteiger partial charge >= 0.3 is 5.97 Å². The van der Waals surface area contributed by atoms with Crippen LogP contribution in [0.25, 0.3) is 0 Å². The third kappa shape index (κ3) is 5.42. The summed E-state index contributed by atoms with van der Waals surface area (Å²) in [5.41, 5.74) is 3.39. The third-order valence-electron chi connectivity index (χ3n) is 4.40. The fourth-order valence-electron chi connectivity index (χ4n) is 2.84. The van der Waals surface area contributed by atoms with Crippen LogP contribution in [0.5, 0.6) is 0 Å². The average molecular weight is 382 g/mol. The van der Waals surface area contributed by atoms with E-state index in [2.05, 4.69) is 5.32 Å². The molecule has 2 amide bonds. The molecule has 6 nitrogen and oxygen atoms in total. The third-order valence-corrected chi connectivity index (χ3v) is 4.40. The fraction of sp³-hybridized carbons (Fsp3) is 0.318. The van der Waals surface area contributed by atoms with Crippen LogP contribution in [0.4, 0.5) is 5.69 Å². The van der Waals surface area contributed by atoms with E-state index in [1.54, 1.807) is 35.2 Å². The smallest absolute Gasteiger partial charge is 0.338 e. The molecule has 0 saturated heterocycles. The van der Waals surface area contributed by atoms with Gasteiger partial charge in [-0.3, -0.25) is 9.59 Å². The predicted molar refractivity (Wildman–Crippen MR) is 109 cm³/mol. The van der Waals surface area contributed by atoms with Crippen molar-refractivity contribution in [2.24, 2.45) is 0 Å². The molecule has 0 bridgehead atoms. The van der Waals surface area contributed by atoms with Gasteiger partial charge in [0, 0.05) is 24.3 Å². The van der Waals surface area contributed by atoms with Crippen molar-refractivity contribution in [1.82, 2.24) is 4.90 Å². The lowest BCUT2D eigenvalue weighted by atomic mass is 10.1. The molecule has 0 unspecified atom stereocenters. The number of rotatable bonds is 7. The number of hydrogen-bond donors (Lipinski definition) is 1. The molecule has 28 heavy (non-hydrogen) atoms. The van der Waals surface area contributed by atoms with Gasteiger partial charge in [0.15, 0.2) is 6.61 Å². The normalized spacial score (nSPS) is 10.3. The highest BCUT2D eigenvalue weighted by molar-refractivity contribution is 5.97. The van der Waals surface area contributed by atoms with Gasteiger partial charge in [0.05, 0.1) is 5.56 Å². The summed E-state index contributed by atoms with van der Waals surface area (Å²) in [6, 6.07) is 12.0. The Balaban J connectivity index is 1.91. The zero-order valence-corrected chi connectivity index (χ0v) is 16.7. The van der Waals surface area contributed by atoms with E-state index in [0.29, 0.717) is 29.9 Å². The molecular formula is C22H26N2O4. The molecule has 0 aliphatic carbocycles. The van der Waals surface area contributed by atoms with E-state index in [0.717, 1.165) is 11.1 Å². The second kappa shape index (κ2) is 9.69. The molecule has 2 aromatic carbocycles. The molecule has 0 aromatic heterocycles. The molecular weight excluding hydrogens is 356 g/mol. The van der Waals surface area contributed by atoms with Crippen LogP contribution in [-0.4, -0.2) is 42.4 Å². The molecule has 0 radical (unpaired) electrons. The molecule has 2 rings (SSSR count). The van der Waals surface area contributed by atoms with Crippen LogP contribution >= 0.6 is 0 Å². The lowest BCUT2D eigenvalue weighted by Gasteiger charge is -2.18. The zero-order valence-electron chi connectivity index (χ0n) is 16.7. The summed E-state index contributed by atoms with van der Waals surface area (Å²) >= 11 is 0. The number of nitrogens with zero attached hydrogens (tertiary/aromatic N) is 1. The topological polar surface area (TPSA) is 75.7 Å². The van der Waals surface area contributed by atoms with Crippen molar-refractivity contribution in [1.29, 1.82) is 0 Å². The monoisotopic (exact) mass is 382 g/mol. The molecule has 0 heterocycles. The van der Waals surface area contributed by atoms with Crippen molar-refractivity contribution < 1.29 is 19.1 Å². The summed E-state index contributed by atoms with van der Waals surface area (Å²) in [6.45, 7) is 8.51. The number of nitrogens with one attached hydrogen (secondary N) is 1. The van der Waals surface area contributed by atoms with E-state index in [-0.39, 0.29) is 12.5 Å². The average Bonchev–Trinajstić information content (AvgIpc) is 2.67. The van der Waals surface area contributed by atoms with Gasteiger partial charge in [0.1, 0.15) is 0 Å². The number of aryl methyl sites for hydroxylation is 2. The minimum absolute atomic E-state index is 0.0507. The van der Waals surface area contributed by atoms with Crippen LogP contribution in [0.2, 0.25) is 0 Å². The van der Waals surface area contributed by atoms with Crippen LogP contribution in [0.3, 0.4) is 0 Å². The molecule has 0 spiro atoms. The Morgan fingerprint density at radius 3 is 2.18 bits per heavy atom. The number of benzene rings is 2. The summed E-state index contributed by atoms with van der Waals surface area (Å²) in [4.78, 5) is 38.2. The Morgan fingerprint density at radius 2 is 1.61 bits per heavy atom. The van der Waals surface area contributed by atoms with Crippen molar-refractivity contribution in [2.75, 3.05) is 25.0 Å². The van der Waals surface area contributed by atoms with E-state index in [4.69, 9.17) is 4.74 Å². The van der Waals surface area contributed by atoms with Gasteiger partial charge < -0.3 is 15.0 Å². The van der Waals surface area contributed by atoms with E-state index in [1.165, 1.54) is 0 Å². The van der Waals surface area contributed by atoms with E-state index < -0.39 is 11.9 Å². The minimum Gasteiger partial charge on any atom is -0.452 e. The summed E-state index contributed by atoms with van der Waals surface area (Å²) in [5, 5.41) is 2.65. The number of ether oxygens (including phenoxy) is 1. The molecule has 1 N–H and O–H groups in total. The van der Waals surface area contributed by atoms with E-state index in [1.807, 2.05) is 39.8 Å². The van der Waals surface area contributed by atoms with Gasteiger partial charge in [0.2, 0.25) is 0 Å². The van der Waals surface area contributed by atoms with Crippen LogP contribution in [0, 0.1) is 13.8 Å². The summed E-state index contributed by atoms with van der Waals surface area (Å²) < 4.78 is 5.09. The number of hydrogen-bond acceptors (Lipinski definition) is 4. The lowest BCUT2D eigenvalue weighted by Crippen LogP contribution is -2.30. The largest absolute Gasteiger partial charge is 0.452 e. The second-order valence-corrected chi connectivity index (χ2v) is 6.50. The van der Waals surface area contributed by atoms with Crippen LogP contribution in [-0.2, 0) is 9.53 Å². The first kappa shape index (κ1) is 21.2. The Labute approximate surface area is 165 Å². The van der Waals surface area contributed by atoms with E-state index in [9.17, 15) is 14.4 Å². The number of amides is 2. The molecule has 0 atom stereocenters. The van der Waals surface area contributed by atoms with Gasteiger partial charge in [0.25, 0.3) is 11.8 Å². The Morgan fingerprint density at radius 1 is 0.964 bits per heavy atom. The summed E-state index contributed by atoms with van der Waals surface area (Å²) in [7, 11) is 0. The SMILES string of the molecule is CCN(CC)C(=O)c1ccc(NC(=O)COC(=O)c2ccc(C)cc2C)cc1. The molecule has 6 heteroatoms. The number of carbonyl (C=O) groups excluding carboxylic acids is 3. The quantitative estimate of drug-likeness (QED) is 0.743. The van der Waals surface area contributed by atoms with E-state index >= 15 is 0 Å². The number of anilines is 1. The minimum atomic E-state index is -0.534. The maximum Gasteiger partial charge on any atom is 0.338 e. The first-order valence-electron chi connectivity index (χ1n) is 9.29. The van der Waals surface area contributed by atoms with Crippen molar-refractivity contribution in [3.05, 3.63) is 64.7 Å². The van der Waals surface area contributed by atoms with Crippen molar-refractivity contribution in [3.63, 3.8) is 0 Å². The molecule has 0 fully saturated rings. The summed E-state index contributed by atoms with van der Waals surface area (Å²) in [6.07, 6.45) is 0. The summed E-state index contributed by atoms with van der Waals surface area (Å²) in [5.74, 6) is -1.03. The second-order valence-electron chi connectivity index (χ2n) is 6.50. The van der Waals surface area contributed by atoms with Crippen LogP contribution in [0.1, 0.15) is 45.7 Å². The first-order valence-corrected chi connectivity index (χ1v) is 9.29. The van der Waals surface area contributed by atoms with Gasteiger partial charge in [-0.1, -0.05) is 17.7 Å². The van der Waals surface area contributed by atoms with Gasteiger partial charge in [-0.05, 0) is 63.6 Å². The number of esters is 1. The van der Waals surface area contributed by atoms with Crippen molar-refractivity contribution in [3.8, 4) is 0 Å². The highest BCUT2D eigenvalue weighted by Gasteiger charge is 2.14. The van der Waals surface area contributed by atoms with Crippen molar-refractivity contribution in [2.45, 2.75) is 27.7 Å². The van der Waals surface area contributed by atoms with Crippen LogP contribution in [0.15, 0.2) is 42.5 Å². The first-order chi connectivity index (χ1) is 13.3. The van der Waals surface area contributed by atoms with Gasteiger partial charge in [-0.15, -0.1) is 0 Å². The highest BCUT2D eigenvalue weighted by atomic mass is 16.5. The fourth-order valence-corrected chi connectivity index (χ4v) is 2.84. The van der Waals surface area contributed by atoms with Gasteiger partial charge in [-0.25, -0.2) is 4.79 Å². The zero-order chi connectivity index (χ0) is 20.7. The maximum atomic E-state index is 12.3. The Hall–Kier alpha value is -3.15. The Kier molecular flexibility index (Phi) is 7.32. The molecule has 148 valence electrons.